The van der Waals surface area contributed by atoms with Crippen molar-refractivity contribution in [3.63, 3.8) is 0 Å². The van der Waals surface area contributed by atoms with E-state index in [9.17, 15) is 19.7 Å². The van der Waals surface area contributed by atoms with E-state index in [-0.39, 0.29) is 28.7 Å². The molecule has 2 aromatic rings. The highest BCUT2D eigenvalue weighted by Crippen LogP contribution is 2.53. The zero-order chi connectivity index (χ0) is 25.2. The van der Waals surface area contributed by atoms with Crippen LogP contribution in [0.25, 0.3) is 11.1 Å². The van der Waals surface area contributed by atoms with Crippen molar-refractivity contribution in [1.82, 2.24) is 0 Å². The Morgan fingerprint density at radius 1 is 1.00 bits per heavy atom. The van der Waals surface area contributed by atoms with Crippen LogP contribution in [0.1, 0.15) is 93.6 Å². The number of Topliss-reactive ketones (excluding diaryl/α,β-unsaturated/α-hetero) is 1. The van der Waals surface area contributed by atoms with Crippen LogP contribution in [-0.2, 0) is 15.0 Å². The number of hydrogen-bond donors (Lipinski definition) is 0. The normalized spacial score (nSPS) is 16.9. The lowest BCUT2D eigenvalue weighted by molar-refractivity contribution is -0.384. The van der Waals surface area contributed by atoms with Crippen molar-refractivity contribution < 1.29 is 19.3 Å². The van der Waals surface area contributed by atoms with Gasteiger partial charge in [-0.3, -0.25) is 14.9 Å². The van der Waals surface area contributed by atoms with Crippen LogP contribution in [0.3, 0.4) is 0 Å². The molecule has 2 aliphatic carbocycles. The number of benzene rings is 2. The van der Waals surface area contributed by atoms with Crippen LogP contribution in [-0.4, -0.2) is 22.4 Å². The quantitative estimate of drug-likeness (QED) is 0.138. The third-order valence-electron chi connectivity index (χ3n) is 7.78. The maximum atomic E-state index is 13.7. The number of fused-ring (bicyclic) bond motifs is 3. The third-order valence-corrected chi connectivity index (χ3v) is 7.78. The summed E-state index contributed by atoms with van der Waals surface area (Å²) in [5.41, 5.74) is 4.42. The summed E-state index contributed by atoms with van der Waals surface area (Å²) >= 11 is 0. The van der Waals surface area contributed by atoms with E-state index in [1.54, 1.807) is 25.1 Å². The van der Waals surface area contributed by atoms with Crippen molar-refractivity contribution in [1.29, 1.82) is 0 Å². The van der Waals surface area contributed by atoms with Gasteiger partial charge in [-0.05, 0) is 60.1 Å². The first kappa shape index (κ1) is 24.8. The SMILES string of the molecule is CCC(=O)O/N=C(/C(=O)c1ccc2c(c1)C(CC)(CC)c1cc([N+](=O)[O-])ccc1-2)C1CCCCC1. The number of carbonyl (C=O) groups excluding carboxylic acids is 2. The number of rotatable bonds is 8. The Hall–Kier alpha value is -3.35. The van der Waals surface area contributed by atoms with E-state index in [1.807, 2.05) is 18.2 Å². The number of nitro benzene ring substituents is 1. The molecule has 0 radical (unpaired) electrons. The Morgan fingerprint density at radius 2 is 1.63 bits per heavy atom. The van der Waals surface area contributed by atoms with Gasteiger partial charge in [0, 0.05) is 35.4 Å². The Kier molecular flexibility index (Phi) is 7.15. The maximum Gasteiger partial charge on any atom is 0.334 e. The number of nitro groups is 1. The third kappa shape index (κ3) is 4.40. The van der Waals surface area contributed by atoms with Crippen LogP contribution in [0.15, 0.2) is 41.6 Å². The number of hydrogen-bond acceptors (Lipinski definition) is 6. The summed E-state index contributed by atoms with van der Waals surface area (Å²) in [5, 5.41) is 15.6. The minimum absolute atomic E-state index is 0.0314. The average Bonchev–Trinajstić information content (AvgIpc) is 3.17. The van der Waals surface area contributed by atoms with Gasteiger partial charge >= 0.3 is 5.97 Å². The molecule has 0 aromatic heterocycles. The van der Waals surface area contributed by atoms with E-state index >= 15 is 0 Å². The molecule has 0 amide bonds. The van der Waals surface area contributed by atoms with Crippen molar-refractivity contribution in [3.8, 4) is 11.1 Å². The predicted molar refractivity (Wildman–Crippen MR) is 135 cm³/mol. The largest absolute Gasteiger partial charge is 0.334 e. The summed E-state index contributed by atoms with van der Waals surface area (Å²) < 4.78 is 0. The Balaban J connectivity index is 1.78. The molecule has 0 aliphatic heterocycles. The molecule has 7 heteroatoms. The van der Waals surface area contributed by atoms with Gasteiger partial charge in [-0.1, -0.05) is 57.3 Å². The number of carbonyl (C=O) groups is 2. The van der Waals surface area contributed by atoms with Crippen LogP contribution in [0.5, 0.6) is 0 Å². The minimum Gasteiger partial charge on any atom is -0.318 e. The topological polar surface area (TPSA) is 98.9 Å². The molecule has 0 atom stereocenters. The van der Waals surface area contributed by atoms with Crippen LogP contribution in [0, 0.1) is 16.0 Å². The highest BCUT2D eigenvalue weighted by atomic mass is 16.7. The van der Waals surface area contributed by atoms with Crippen LogP contribution >= 0.6 is 0 Å². The van der Waals surface area contributed by atoms with E-state index < -0.39 is 11.4 Å². The van der Waals surface area contributed by atoms with Crippen molar-refractivity contribution in [2.75, 3.05) is 0 Å². The molecular weight excluding hydrogens is 444 g/mol. The summed E-state index contributed by atoms with van der Waals surface area (Å²) in [6, 6.07) is 10.7. The summed E-state index contributed by atoms with van der Waals surface area (Å²) in [4.78, 5) is 41.7. The Labute approximate surface area is 205 Å². The fourth-order valence-electron chi connectivity index (χ4n) is 5.74. The smallest absolute Gasteiger partial charge is 0.318 e. The molecular formula is C28H32N2O5. The summed E-state index contributed by atoms with van der Waals surface area (Å²) in [5.74, 6) is -0.712. The summed E-state index contributed by atoms with van der Waals surface area (Å²) in [6.07, 6.45) is 6.56. The average molecular weight is 477 g/mol. The van der Waals surface area contributed by atoms with E-state index in [0.29, 0.717) is 11.3 Å². The van der Waals surface area contributed by atoms with Gasteiger partial charge < -0.3 is 4.84 Å². The van der Waals surface area contributed by atoms with Gasteiger partial charge in [0.05, 0.1) is 4.92 Å². The van der Waals surface area contributed by atoms with Gasteiger partial charge in [0.1, 0.15) is 5.71 Å². The Bertz CT molecular complexity index is 1190. The summed E-state index contributed by atoms with van der Waals surface area (Å²) in [6.45, 7) is 5.85. The van der Waals surface area contributed by atoms with Gasteiger partial charge in [-0.15, -0.1) is 0 Å². The van der Waals surface area contributed by atoms with E-state index in [4.69, 9.17) is 4.84 Å². The summed E-state index contributed by atoms with van der Waals surface area (Å²) in [7, 11) is 0. The van der Waals surface area contributed by atoms with Crippen LogP contribution in [0.4, 0.5) is 5.69 Å². The highest BCUT2D eigenvalue weighted by Gasteiger charge is 2.42. The monoisotopic (exact) mass is 476 g/mol. The number of non-ortho nitro benzene ring substituents is 1. The first-order chi connectivity index (χ1) is 16.9. The van der Waals surface area contributed by atoms with Gasteiger partial charge in [0.2, 0.25) is 5.78 Å². The zero-order valence-corrected chi connectivity index (χ0v) is 20.6. The molecule has 2 aliphatic rings. The maximum absolute atomic E-state index is 13.7. The minimum atomic E-state index is -0.465. The first-order valence-corrected chi connectivity index (χ1v) is 12.6. The van der Waals surface area contributed by atoms with Crippen molar-refractivity contribution in [2.24, 2.45) is 11.1 Å². The standard InChI is InChI=1S/C28H32N2O5/c1-4-25(31)35-29-26(18-10-8-7-9-11-18)27(32)19-12-14-21-22-15-13-20(30(33)34)17-24(22)28(5-2,6-3)23(21)16-19/h12-18H,4-11H2,1-3H3/b29-26+. The molecule has 0 heterocycles. The molecule has 0 unspecified atom stereocenters. The molecule has 2 aromatic carbocycles. The first-order valence-electron chi connectivity index (χ1n) is 12.6. The number of oxime groups is 1. The fourth-order valence-corrected chi connectivity index (χ4v) is 5.74. The lowest BCUT2D eigenvalue weighted by Gasteiger charge is -2.29. The van der Waals surface area contributed by atoms with Crippen molar-refractivity contribution >= 4 is 23.2 Å². The molecule has 184 valence electrons. The molecule has 35 heavy (non-hydrogen) atoms. The van der Waals surface area contributed by atoms with E-state index in [2.05, 4.69) is 19.0 Å². The lowest BCUT2D eigenvalue weighted by atomic mass is 9.73. The molecule has 0 N–H and O–H groups in total. The molecule has 0 bridgehead atoms. The van der Waals surface area contributed by atoms with Gasteiger partial charge in [0.15, 0.2) is 0 Å². The van der Waals surface area contributed by atoms with Gasteiger partial charge in [-0.25, -0.2) is 4.79 Å². The van der Waals surface area contributed by atoms with Gasteiger partial charge in [0.25, 0.3) is 5.69 Å². The van der Waals surface area contributed by atoms with Crippen molar-refractivity contribution in [3.05, 3.63) is 63.2 Å². The second-order valence-electron chi connectivity index (χ2n) is 9.49. The highest BCUT2D eigenvalue weighted by molar-refractivity contribution is 6.46. The molecule has 7 nitrogen and oxygen atoms in total. The van der Waals surface area contributed by atoms with E-state index in [1.165, 1.54) is 0 Å². The predicted octanol–water partition coefficient (Wildman–Crippen LogP) is 6.75. The molecule has 0 saturated heterocycles. The lowest BCUT2D eigenvalue weighted by Crippen LogP contribution is -2.28. The molecule has 0 spiro atoms. The zero-order valence-electron chi connectivity index (χ0n) is 20.6. The number of nitrogens with zero attached hydrogens (tertiary/aromatic N) is 2. The second-order valence-corrected chi connectivity index (χ2v) is 9.49. The van der Waals surface area contributed by atoms with E-state index in [0.717, 1.165) is 67.2 Å². The fraction of sp³-hybridized carbons (Fsp3) is 0.464. The molecule has 4 rings (SSSR count). The number of ketones is 1. The van der Waals surface area contributed by atoms with Gasteiger partial charge in [-0.2, -0.15) is 0 Å². The molecule has 1 fully saturated rings. The van der Waals surface area contributed by atoms with Crippen molar-refractivity contribution in [2.45, 2.75) is 77.6 Å². The van der Waals surface area contributed by atoms with Crippen LogP contribution < -0.4 is 0 Å². The second kappa shape index (κ2) is 10.1. The Morgan fingerprint density at radius 3 is 2.23 bits per heavy atom. The van der Waals surface area contributed by atoms with Crippen LogP contribution in [0.2, 0.25) is 0 Å². The molecule has 1 saturated carbocycles.